The van der Waals surface area contributed by atoms with Gasteiger partial charge in [0.15, 0.2) is 0 Å². The van der Waals surface area contributed by atoms with Gasteiger partial charge in [0.05, 0.1) is 17.9 Å². The molecule has 1 amide bonds. The van der Waals surface area contributed by atoms with E-state index in [4.69, 9.17) is 4.74 Å². The quantitative estimate of drug-likeness (QED) is 0.749. The van der Waals surface area contributed by atoms with Crippen LogP contribution in [0.25, 0.3) is 0 Å². The molecule has 27 heavy (non-hydrogen) atoms. The molecule has 0 bridgehead atoms. The molecule has 4 rings (SSSR count). The molecule has 0 spiro atoms. The second-order valence-electron chi connectivity index (χ2n) is 6.19. The van der Waals surface area contributed by atoms with Crippen molar-refractivity contribution < 1.29 is 9.53 Å². The Morgan fingerprint density at radius 2 is 1.85 bits per heavy atom. The summed E-state index contributed by atoms with van der Waals surface area (Å²) in [4.78, 5) is 23.4. The molecule has 2 aromatic carbocycles. The molecule has 0 atom stereocenters. The number of hydrogen-bond acceptors (Lipinski definition) is 5. The number of nitrogens with zero attached hydrogens (tertiary/aromatic N) is 3. The number of aromatic nitrogens is 2. The van der Waals surface area contributed by atoms with E-state index in [1.807, 2.05) is 37.3 Å². The highest BCUT2D eigenvalue weighted by Gasteiger charge is 2.22. The van der Waals surface area contributed by atoms with Crippen LogP contribution in [-0.4, -0.2) is 29.0 Å². The molecule has 0 saturated heterocycles. The van der Waals surface area contributed by atoms with E-state index in [0.717, 1.165) is 18.7 Å². The number of carbonyl (C=O) groups is 1. The number of hydrogen-bond donors (Lipinski definition) is 1. The standard InChI is InChI=1S/C21H20N4O2/c1-2-27-19-10-6-4-8-17(19)24-20(26)16-13-22-21(23-14-16)25-12-11-15-7-3-5-9-18(15)25/h3-10,13-14H,2,11-12H2,1H3,(H,24,26). The smallest absolute Gasteiger partial charge is 0.258 e. The van der Waals surface area contributed by atoms with Crippen LogP contribution in [0.5, 0.6) is 5.75 Å². The van der Waals surface area contributed by atoms with Gasteiger partial charge in [-0.25, -0.2) is 9.97 Å². The summed E-state index contributed by atoms with van der Waals surface area (Å²) in [6.45, 7) is 3.27. The fourth-order valence-electron chi connectivity index (χ4n) is 3.17. The lowest BCUT2D eigenvalue weighted by Gasteiger charge is -2.17. The molecule has 0 aliphatic carbocycles. The monoisotopic (exact) mass is 360 g/mol. The van der Waals surface area contributed by atoms with Crippen LogP contribution < -0.4 is 15.0 Å². The Balaban J connectivity index is 1.51. The van der Waals surface area contributed by atoms with E-state index in [1.54, 1.807) is 18.5 Å². The number of rotatable bonds is 5. The third-order valence-corrected chi connectivity index (χ3v) is 4.46. The third kappa shape index (κ3) is 3.46. The van der Waals surface area contributed by atoms with Crippen molar-refractivity contribution in [3.05, 3.63) is 72.1 Å². The molecule has 6 heteroatoms. The average Bonchev–Trinajstić information content (AvgIpc) is 3.14. The Morgan fingerprint density at radius 1 is 1.11 bits per heavy atom. The number of ether oxygens (including phenoxy) is 1. The number of anilines is 3. The van der Waals surface area contributed by atoms with Crippen LogP contribution in [0.15, 0.2) is 60.9 Å². The van der Waals surface area contributed by atoms with E-state index in [1.165, 1.54) is 5.56 Å². The van der Waals surface area contributed by atoms with Gasteiger partial charge in [0, 0.05) is 24.6 Å². The van der Waals surface area contributed by atoms with E-state index >= 15 is 0 Å². The van der Waals surface area contributed by atoms with Crippen molar-refractivity contribution in [2.24, 2.45) is 0 Å². The Bertz CT molecular complexity index is 956. The summed E-state index contributed by atoms with van der Waals surface area (Å²) in [5.41, 5.74) is 3.44. The van der Waals surface area contributed by atoms with Crippen molar-refractivity contribution in [3.63, 3.8) is 0 Å². The summed E-state index contributed by atoms with van der Waals surface area (Å²) in [5, 5.41) is 2.86. The summed E-state index contributed by atoms with van der Waals surface area (Å²) in [7, 11) is 0. The maximum Gasteiger partial charge on any atom is 0.258 e. The van der Waals surface area contributed by atoms with Crippen LogP contribution in [0.2, 0.25) is 0 Å². The number of amides is 1. The molecular weight excluding hydrogens is 340 g/mol. The lowest BCUT2D eigenvalue weighted by Crippen LogP contribution is -2.18. The van der Waals surface area contributed by atoms with Crippen LogP contribution in [0.4, 0.5) is 17.3 Å². The molecular formula is C21H20N4O2. The van der Waals surface area contributed by atoms with Crippen LogP contribution in [0, 0.1) is 0 Å². The zero-order valence-corrected chi connectivity index (χ0v) is 15.1. The zero-order valence-electron chi connectivity index (χ0n) is 15.1. The van der Waals surface area contributed by atoms with Crippen molar-refractivity contribution in [2.45, 2.75) is 13.3 Å². The predicted octanol–water partition coefficient (Wildman–Crippen LogP) is 3.82. The normalized spacial score (nSPS) is 12.6. The van der Waals surface area contributed by atoms with Crippen molar-refractivity contribution in [3.8, 4) is 5.75 Å². The summed E-state index contributed by atoms with van der Waals surface area (Å²) in [6.07, 6.45) is 4.08. The summed E-state index contributed by atoms with van der Waals surface area (Å²) in [6, 6.07) is 15.6. The van der Waals surface area contributed by atoms with E-state index in [9.17, 15) is 4.79 Å². The minimum Gasteiger partial charge on any atom is -0.492 e. The largest absolute Gasteiger partial charge is 0.492 e. The molecule has 0 saturated carbocycles. The van der Waals surface area contributed by atoms with Crippen molar-refractivity contribution >= 4 is 23.2 Å². The van der Waals surface area contributed by atoms with Gasteiger partial charge in [0.25, 0.3) is 5.91 Å². The molecule has 1 N–H and O–H groups in total. The molecule has 1 aliphatic heterocycles. The van der Waals surface area contributed by atoms with Crippen molar-refractivity contribution in [1.29, 1.82) is 0 Å². The lowest BCUT2D eigenvalue weighted by atomic mass is 10.2. The van der Waals surface area contributed by atoms with E-state index in [0.29, 0.717) is 29.6 Å². The van der Waals surface area contributed by atoms with Gasteiger partial charge in [-0.2, -0.15) is 0 Å². The first kappa shape index (κ1) is 17.0. The Morgan fingerprint density at radius 3 is 2.67 bits per heavy atom. The molecule has 0 unspecified atom stereocenters. The molecule has 6 nitrogen and oxygen atoms in total. The summed E-state index contributed by atoms with van der Waals surface area (Å²) >= 11 is 0. The minimum atomic E-state index is -0.268. The number of para-hydroxylation sites is 3. The molecule has 0 fully saturated rings. The van der Waals surface area contributed by atoms with Gasteiger partial charge < -0.3 is 15.0 Å². The second-order valence-corrected chi connectivity index (χ2v) is 6.19. The van der Waals surface area contributed by atoms with Crippen LogP contribution in [-0.2, 0) is 6.42 Å². The highest BCUT2D eigenvalue weighted by Crippen LogP contribution is 2.32. The van der Waals surface area contributed by atoms with Gasteiger partial charge in [0.1, 0.15) is 5.75 Å². The molecule has 1 aliphatic rings. The SMILES string of the molecule is CCOc1ccccc1NC(=O)c1cnc(N2CCc3ccccc32)nc1. The van der Waals surface area contributed by atoms with Gasteiger partial charge in [-0.1, -0.05) is 30.3 Å². The van der Waals surface area contributed by atoms with Gasteiger partial charge in [0.2, 0.25) is 5.95 Å². The predicted molar refractivity (Wildman–Crippen MR) is 105 cm³/mol. The third-order valence-electron chi connectivity index (χ3n) is 4.46. The van der Waals surface area contributed by atoms with Crippen LogP contribution in [0.3, 0.4) is 0 Å². The van der Waals surface area contributed by atoms with Gasteiger partial charge in [-0.3, -0.25) is 4.79 Å². The topological polar surface area (TPSA) is 67.3 Å². The first-order chi connectivity index (χ1) is 13.3. The second kappa shape index (κ2) is 7.45. The fourth-order valence-corrected chi connectivity index (χ4v) is 3.17. The Kier molecular flexibility index (Phi) is 4.70. The van der Waals surface area contributed by atoms with E-state index in [2.05, 4.69) is 32.3 Å². The average molecular weight is 360 g/mol. The highest BCUT2D eigenvalue weighted by atomic mass is 16.5. The number of nitrogens with one attached hydrogen (secondary N) is 1. The highest BCUT2D eigenvalue weighted by molar-refractivity contribution is 6.04. The van der Waals surface area contributed by atoms with Crippen molar-refractivity contribution in [2.75, 3.05) is 23.4 Å². The fraction of sp³-hybridized carbons (Fsp3) is 0.190. The molecule has 3 aromatic rings. The van der Waals surface area contributed by atoms with Crippen LogP contribution in [0.1, 0.15) is 22.8 Å². The van der Waals surface area contributed by atoms with E-state index < -0.39 is 0 Å². The maximum atomic E-state index is 12.5. The molecule has 2 heterocycles. The molecule has 1 aromatic heterocycles. The Hall–Kier alpha value is -3.41. The number of fused-ring (bicyclic) bond motifs is 1. The molecule has 0 radical (unpaired) electrons. The summed E-state index contributed by atoms with van der Waals surface area (Å²) < 4.78 is 5.54. The van der Waals surface area contributed by atoms with Gasteiger partial charge >= 0.3 is 0 Å². The summed E-state index contributed by atoms with van der Waals surface area (Å²) in [5.74, 6) is 0.973. The lowest BCUT2D eigenvalue weighted by molar-refractivity contribution is 0.102. The maximum absolute atomic E-state index is 12.5. The minimum absolute atomic E-state index is 0.268. The van der Waals surface area contributed by atoms with Crippen molar-refractivity contribution in [1.82, 2.24) is 9.97 Å². The van der Waals surface area contributed by atoms with Crippen LogP contribution >= 0.6 is 0 Å². The number of benzene rings is 2. The first-order valence-corrected chi connectivity index (χ1v) is 8.97. The first-order valence-electron chi connectivity index (χ1n) is 8.97. The Labute approximate surface area is 157 Å². The number of carbonyl (C=O) groups excluding carboxylic acids is 1. The zero-order chi connectivity index (χ0) is 18.6. The van der Waals surface area contributed by atoms with Gasteiger partial charge in [-0.05, 0) is 37.1 Å². The van der Waals surface area contributed by atoms with Gasteiger partial charge in [-0.15, -0.1) is 0 Å². The molecule has 136 valence electrons. The van der Waals surface area contributed by atoms with E-state index in [-0.39, 0.29) is 5.91 Å².